The molecule has 0 saturated heterocycles. The number of benzene rings is 2. The van der Waals surface area contributed by atoms with Crippen LogP contribution in [0, 0.1) is 15.9 Å². The van der Waals surface area contributed by atoms with Crippen molar-refractivity contribution in [2.45, 2.75) is 6.54 Å². The molecule has 5 nitrogen and oxygen atoms in total. The van der Waals surface area contributed by atoms with E-state index in [1.165, 1.54) is 37.4 Å². The van der Waals surface area contributed by atoms with Crippen LogP contribution in [0.25, 0.3) is 0 Å². The van der Waals surface area contributed by atoms with Crippen molar-refractivity contribution in [2.24, 2.45) is 0 Å². The number of hydrogen-bond donors (Lipinski definition) is 1. The van der Waals surface area contributed by atoms with Gasteiger partial charge in [-0.2, -0.15) is 0 Å². The summed E-state index contributed by atoms with van der Waals surface area (Å²) < 4.78 is 18.7. The van der Waals surface area contributed by atoms with Crippen LogP contribution in [-0.4, -0.2) is 12.0 Å². The van der Waals surface area contributed by atoms with Crippen LogP contribution < -0.4 is 10.1 Å². The van der Waals surface area contributed by atoms with Crippen LogP contribution in [0.3, 0.4) is 0 Å². The molecule has 0 radical (unpaired) electrons. The van der Waals surface area contributed by atoms with E-state index in [1.54, 1.807) is 6.07 Å². The Labute approximate surface area is 125 Å². The van der Waals surface area contributed by atoms with Crippen LogP contribution in [0.2, 0.25) is 5.02 Å². The predicted molar refractivity (Wildman–Crippen MR) is 78.4 cm³/mol. The Balaban J connectivity index is 2.22. The first-order valence-corrected chi connectivity index (χ1v) is 6.39. The molecule has 0 bridgehead atoms. The highest BCUT2D eigenvalue weighted by Crippen LogP contribution is 2.26. The molecule has 0 aliphatic rings. The molecular formula is C14H12ClFN2O3. The molecule has 0 aliphatic heterocycles. The smallest absolute Gasteiger partial charge is 0.275 e. The fourth-order valence-electron chi connectivity index (χ4n) is 1.81. The fourth-order valence-corrected chi connectivity index (χ4v) is 1.98. The molecule has 0 aliphatic carbocycles. The molecule has 2 rings (SSSR count). The molecule has 0 fully saturated rings. The number of anilines is 1. The second-order valence-electron chi connectivity index (χ2n) is 4.23. The molecular weight excluding hydrogens is 299 g/mol. The summed E-state index contributed by atoms with van der Waals surface area (Å²) in [6.45, 7) is 0.0948. The van der Waals surface area contributed by atoms with Gasteiger partial charge in [0.15, 0.2) is 0 Å². The monoisotopic (exact) mass is 310 g/mol. The number of hydrogen-bond acceptors (Lipinski definition) is 4. The van der Waals surface area contributed by atoms with Crippen LogP contribution in [-0.2, 0) is 6.54 Å². The molecule has 2 aromatic rings. The van der Waals surface area contributed by atoms with Crippen molar-refractivity contribution in [1.29, 1.82) is 0 Å². The van der Waals surface area contributed by atoms with Gasteiger partial charge in [-0.15, -0.1) is 0 Å². The fraction of sp³-hybridized carbons (Fsp3) is 0.143. The maximum atomic E-state index is 13.7. The summed E-state index contributed by atoms with van der Waals surface area (Å²) in [5.41, 5.74) is 0.503. The van der Waals surface area contributed by atoms with E-state index in [4.69, 9.17) is 16.3 Å². The maximum Gasteiger partial charge on any atom is 0.275 e. The van der Waals surface area contributed by atoms with E-state index in [-0.39, 0.29) is 22.9 Å². The SMILES string of the molecule is COc1ccc(F)c(NCc2ccc(Cl)cc2[N+](=O)[O-])c1. The Hall–Kier alpha value is -2.34. The number of ether oxygens (including phenoxy) is 1. The second kappa shape index (κ2) is 6.41. The molecule has 1 N–H and O–H groups in total. The highest BCUT2D eigenvalue weighted by molar-refractivity contribution is 6.30. The van der Waals surface area contributed by atoms with Crippen molar-refractivity contribution in [3.8, 4) is 5.75 Å². The Morgan fingerprint density at radius 3 is 2.76 bits per heavy atom. The Morgan fingerprint density at radius 2 is 2.10 bits per heavy atom. The van der Waals surface area contributed by atoms with E-state index >= 15 is 0 Å². The van der Waals surface area contributed by atoms with Gasteiger partial charge >= 0.3 is 0 Å². The number of halogens is 2. The summed E-state index contributed by atoms with van der Waals surface area (Å²) in [5.74, 6) is 0.0249. The van der Waals surface area contributed by atoms with Crippen molar-refractivity contribution >= 4 is 23.0 Å². The quantitative estimate of drug-likeness (QED) is 0.669. The average Bonchev–Trinajstić information content (AvgIpc) is 2.47. The first-order valence-electron chi connectivity index (χ1n) is 6.01. The van der Waals surface area contributed by atoms with E-state index in [2.05, 4.69) is 5.32 Å². The number of nitrogens with one attached hydrogen (secondary N) is 1. The van der Waals surface area contributed by atoms with E-state index in [1.807, 2.05) is 0 Å². The Kier molecular flexibility index (Phi) is 4.59. The van der Waals surface area contributed by atoms with Crippen LogP contribution in [0.5, 0.6) is 5.75 Å². The number of rotatable bonds is 5. The van der Waals surface area contributed by atoms with Gasteiger partial charge in [0, 0.05) is 29.3 Å². The second-order valence-corrected chi connectivity index (χ2v) is 4.67. The van der Waals surface area contributed by atoms with Crippen molar-refractivity contribution < 1.29 is 14.1 Å². The van der Waals surface area contributed by atoms with Gasteiger partial charge in [-0.25, -0.2) is 4.39 Å². The zero-order chi connectivity index (χ0) is 15.4. The van der Waals surface area contributed by atoms with Gasteiger partial charge in [-0.3, -0.25) is 10.1 Å². The number of nitro groups is 1. The van der Waals surface area contributed by atoms with Crippen LogP contribution in [0.15, 0.2) is 36.4 Å². The van der Waals surface area contributed by atoms with Crippen molar-refractivity contribution in [2.75, 3.05) is 12.4 Å². The Morgan fingerprint density at radius 1 is 1.33 bits per heavy atom. The topological polar surface area (TPSA) is 64.4 Å². The minimum absolute atomic E-state index is 0.0948. The molecule has 0 saturated carbocycles. The lowest BCUT2D eigenvalue weighted by Crippen LogP contribution is -2.04. The van der Waals surface area contributed by atoms with Gasteiger partial charge in [0.25, 0.3) is 5.69 Å². The molecule has 21 heavy (non-hydrogen) atoms. The van der Waals surface area contributed by atoms with E-state index in [0.29, 0.717) is 11.3 Å². The van der Waals surface area contributed by atoms with Gasteiger partial charge in [-0.05, 0) is 24.3 Å². The molecule has 0 aromatic heterocycles. The molecule has 0 unspecified atom stereocenters. The van der Waals surface area contributed by atoms with Gasteiger partial charge in [-0.1, -0.05) is 11.6 Å². The zero-order valence-corrected chi connectivity index (χ0v) is 11.9. The van der Waals surface area contributed by atoms with Crippen LogP contribution in [0.4, 0.5) is 15.8 Å². The number of nitrogens with zero attached hydrogens (tertiary/aromatic N) is 1. The molecule has 0 spiro atoms. The molecule has 0 amide bonds. The van der Waals surface area contributed by atoms with Crippen molar-refractivity contribution in [3.63, 3.8) is 0 Å². The highest BCUT2D eigenvalue weighted by Gasteiger charge is 2.14. The van der Waals surface area contributed by atoms with E-state index < -0.39 is 10.7 Å². The van der Waals surface area contributed by atoms with Gasteiger partial charge in [0.1, 0.15) is 11.6 Å². The van der Waals surface area contributed by atoms with Gasteiger partial charge < -0.3 is 10.1 Å². The normalized spacial score (nSPS) is 10.2. The van der Waals surface area contributed by atoms with Crippen LogP contribution >= 0.6 is 11.6 Å². The molecule has 110 valence electrons. The number of nitro benzene ring substituents is 1. The van der Waals surface area contributed by atoms with Crippen LogP contribution in [0.1, 0.15) is 5.56 Å². The van der Waals surface area contributed by atoms with E-state index in [0.717, 1.165) is 0 Å². The summed E-state index contributed by atoms with van der Waals surface area (Å²) in [6, 6.07) is 8.58. The standard InChI is InChI=1S/C14H12ClFN2O3/c1-21-11-4-5-12(16)13(7-11)17-8-9-2-3-10(15)6-14(9)18(19)20/h2-7,17H,8H2,1H3. The lowest BCUT2D eigenvalue weighted by molar-refractivity contribution is -0.385. The predicted octanol–water partition coefficient (Wildman–Crippen LogP) is 4.01. The summed E-state index contributed by atoms with van der Waals surface area (Å²) in [6.07, 6.45) is 0. The van der Waals surface area contributed by atoms with E-state index in [9.17, 15) is 14.5 Å². The summed E-state index contributed by atoms with van der Waals surface area (Å²) in [7, 11) is 1.47. The summed E-state index contributed by atoms with van der Waals surface area (Å²) in [5, 5.41) is 14.1. The zero-order valence-electron chi connectivity index (χ0n) is 11.1. The first kappa shape index (κ1) is 15.1. The summed E-state index contributed by atoms with van der Waals surface area (Å²) in [4.78, 5) is 10.5. The van der Waals surface area contributed by atoms with Crippen molar-refractivity contribution in [1.82, 2.24) is 0 Å². The van der Waals surface area contributed by atoms with Gasteiger partial charge in [0.05, 0.1) is 17.7 Å². The third-order valence-corrected chi connectivity index (χ3v) is 3.12. The lowest BCUT2D eigenvalue weighted by atomic mass is 10.1. The third-order valence-electron chi connectivity index (χ3n) is 2.89. The third kappa shape index (κ3) is 3.61. The van der Waals surface area contributed by atoms with Gasteiger partial charge in [0.2, 0.25) is 0 Å². The summed E-state index contributed by atoms with van der Waals surface area (Å²) >= 11 is 5.74. The number of methoxy groups -OCH3 is 1. The molecule has 7 heteroatoms. The minimum Gasteiger partial charge on any atom is -0.497 e. The Bertz CT molecular complexity index is 679. The van der Waals surface area contributed by atoms with Crippen molar-refractivity contribution in [3.05, 3.63) is 62.9 Å². The highest BCUT2D eigenvalue weighted by atomic mass is 35.5. The average molecular weight is 311 g/mol. The minimum atomic E-state index is -0.523. The first-order chi connectivity index (χ1) is 10.0. The molecule has 0 heterocycles. The lowest BCUT2D eigenvalue weighted by Gasteiger charge is -2.10. The maximum absolute atomic E-state index is 13.7. The molecule has 2 aromatic carbocycles. The molecule has 0 atom stereocenters. The largest absolute Gasteiger partial charge is 0.497 e.